The predicted octanol–water partition coefficient (Wildman–Crippen LogP) is 3.16. The molecule has 0 saturated heterocycles. The summed E-state index contributed by atoms with van der Waals surface area (Å²) in [5, 5.41) is 18.7. The van der Waals surface area contributed by atoms with Crippen LogP contribution in [0.25, 0.3) is 0 Å². The van der Waals surface area contributed by atoms with E-state index in [9.17, 15) is 19.8 Å². The van der Waals surface area contributed by atoms with Crippen molar-refractivity contribution in [2.75, 3.05) is 0 Å². The molecule has 0 heterocycles. The normalized spacial score (nSPS) is 11.8. The van der Waals surface area contributed by atoms with E-state index in [-0.39, 0.29) is 12.3 Å². The van der Waals surface area contributed by atoms with Gasteiger partial charge >= 0.3 is 11.9 Å². The largest absolute Gasteiger partial charge is 0.480 e. The van der Waals surface area contributed by atoms with Gasteiger partial charge in [0.05, 0.1) is 0 Å². The first kappa shape index (κ1) is 15.9. The Morgan fingerprint density at radius 3 is 1.59 bits per heavy atom. The van der Waals surface area contributed by atoms with Gasteiger partial charge in [-0.15, -0.1) is 0 Å². The Morgan fingerprint density at radius 2 is 1.35 bits per heavy atom. The number of carboxylic acid groups (broad SMARTS) is 2. The Bertz CT molecular complexity index is 240. The van der Waals surface area contributed by atoms with Gasteiger partial charge in [-0.2, -0.15) is 0 Å². The highest BCUT2D eigenvalue weighted by atomic mass is 16.4. The molecule has 0 aliphatic heterocycles. The third-order valence-corrected chi connectivity index (χ3v) is 3.38. The van der Waals surface area contributed by atoms with E-state index >= 15 is 0 Å². The molecule has 0 aromatic heterocycles. The van der Waals surface area contributed by atoms with Crippen LogP contribution in [0.2, 0.25) is 0 Å². The summed E-state index contributed by atoms with van der Waals surface area (Å²) in [6, 6.07) is 0. The maximum absolute atomic E-state index is 11.5. The fourth-order valence-corrected chi connectivity index (χ4v) is 2.59. The maximum Gasteiger partial charge on any atom is 0.321 e. The van der Waals surface area contributed by atoms with Gasteiger partial charge in [0.2, 0.25) is 0 Å². The monoisotopic (exact) mass is 244 g/mol. The van der Waals surface area contributed by atoms with Crippen molar-refractivity contribution >= 4 is 11.9 Å². The minimum Gasteiger partial charge on any atom is -0.480 e. The van der Waals surface area contributed by atoms with Crippen molar-refractivity contribution in [3.8, 4) is 0 Å². The van der Waals surface area contributed by atoms with Crippen molar-refractivity contribution in [3.05, 3.63) is 0 Å². The number of hydrogen-bond donors (Lipinski definition) is 2. The summed E-state index contributed by atoms with van der Waals surface area (Å²) in [6.45, 7) is 5.75. The van der Waals surface area contributed by atoms with Crippen LogP contribution < -0.4 is 0 Å². The van der Waals surface area contributed by atoms with Crippen LogP contribution in [0.15, 0.2) is 0 Å². The minimum atomic E-state index is -1.60. The summed E-state index contributed by atoms with van der Waals surface area (Å²) in [6.07, 6.45) is 3.73. The molecule has 0 aromatic rings. The zero-order valence-electron chi connectivity index (χ0n) is 11.0. The molecule has 0 aliphatic carbocycles. The number of aliphatic carboxylic acids is 2. The predicted molar refractivity (Wildman–Crippen MR) is 65.9 cm³/mol. The van der Waals surface area contributed by atoms with Crippen LogP contribution >= 0.6 is 0 Å². The zero-order chi connectivity index (χ0) is 13.5. The third kappa shape index (κ3) is 3.45. The molecule has 0 aliphatic rings. The second-order valence-corrected chi connectivity index (χ2v) is 4.61. The van der Waals surface area contributed by atoms with Crippen molar-refractivity contribution in [1.82, 2.24) is 0 Å². The van der Waals surface area contributed by atoms with Crippen molar-refractivity contribution in [3.63, 3.8) is 0 Å². The molecule has 0 unspecified atom stereocenters. The fraction of sp³-hybridized carbons (Fsp3) is 0.846. The fourth-order valence-electron chi connectivity index (χ4n) is 2.59. The molecule has 0 radical (unpaired) electrons. The molecular formula is C13H24O4. The number of hydrogen-bond acceptors (Lipinski definition) is 2. The van der Waals surface area contributed by atoms with E-state index in [1.54, 1.807) is 0 Å². The SMILES string of the molecule is CCCC(CCC)C(CCC)(C(=O)O)C(=O)O. The molecule has 4 nitrogen and oxygen atoms in total. The van der Waals surface area contributed by atoms with Crippen LogP contribution in [0.4, 0.5) is 0 Å². The van der Waals surface area contributed by atoms with E-state index in [1.165, 1.54) is 0 Å². The van der Waals surface area contributed by atoms with Gasteiger partial charge in [0.1, 0.15) is 0 Å². The minimum absolute atomic E-state index is 0.211. The van der Waals surface area contributed by atoms with E-state index < -0.39 is 17.4 Å². The standard InChI is InChI=1S/C13H24O4/c1-4-7-10(8-5-2)13(9-6-3,11(14)15)12(16)17/h10H,4-9H2,1-3H3,(H,14,15)(H,16,17). The van der Waals surface area contributed by atoms with Gasteiger partial charge in [-0.25, -0.2) is 0 Å². The molecule has 0 aromatic carbocycles. The first-order valence-corrected chi connectivity index (χ1v) is 6.44. The molecule has 0 bridgehead atoms. The van der Waals surface area contributed by atoms with E-state index in [0.29, 0.717) is 19.3 Å². The summed E-state index contributed by atoms with van der Waals surface area (Å²) in [4.78, 5) is 22.9. The van der Waals surface area contributed by atoms with Gasteiger partial charge in [-0.05, 0) is 25.2 Å². The molecule has 4 heteroatoms. The number of carboxylic acids is 2. The molecule has 0 amide bonds. The molecule has 0 rings (SSSR count). The van der Waals surface area contributed by atoms with Gasteiger partial charge in [-0.1, -0.05) is 40.0 Å². The lowest BCUT2D eigenvalue weighted by molar-refractivity contribution is -0.170. The maximum atomic E-state index is 11.5. The van der Waals surface area contributed by atoms with Gasteiger partial charge in [0.25, 0.3) is 0 Å². The van der Waals surface area contributed by atoms with E-state index in [4.69, 9.17) is 0 Å². The third-order valence-electron chi connectivity index (χ3n) is 3.38. The lowest BCUT2D eigenvalue weighted by Gasteiger charge is -2.33. The van der Waals surface area contributed by atoms with E-state index in [0.717, 1.165) is 12.8 Å². The Labute approximate surface area is 103 Å². The lowest BCUT2D eigenvalue weighted by atomic mass is 9.68. The molecule has 0 atom stereocenters. The van der Waals surface area contributed by atoms with Gasteiger partial charge in [0, 0.05) is 0 Å². The molecular weight excluding hydrogens is 220 g/mol. The van der Waals surface area contributed by atoms with Crippen LogP contribution in [-0.4, -0.2) is 22.2 Å². The smallest absolute Gasteiger partial charge is 0.321 e. The highest BCUT2D eigenvalue weighted by Crippen LogP contribution is 2.39. The zero-order valence-corrected chi connectivity index (χ0v) is 11.0. The average molecular weight is 244 g/mol. The van der Waals surface area contributed by atoms with Crippen molar-refractivity contribution in [2.24, 2.45) is 11.3 Å². The van der Waals surface area contributed by atoms with Crippen molar-refractivity contribution in [1.29, 1.82) is 0 Å². The lowest BCUT2D eigenvalue weighted by Crippen LogP contribution is -2.45. The average Bonchev–Trinajstić information content (AvgIpc) is 2.24. The van der Waals surface area contributed by atoms with Crippen LogP contribution in [0.1, 0.15) is 59.3 Å². The second kappa shape index (κ2) is 7.30. The van der Waals surface area contributed by atoms with Gasteiger partial charge in [0.15, 0.2) is 5.41 Å². The summed E-state index contributed by atoms with van der Waals surface area (Å²) < 4.78 is 0. The summed E-state index contributed by atoms with van der Waals surface area (Å²) >= 11 is 0. The second-order valence-electron chi connectivity index (χ2n) is 4.61. The van der Waals surface area contributed by atoms with Crippen molar-refractivity contribution in [2.45, 2.75) is 59.3 Å². The van der Waals surface area contributed by atoms with Gasteiger partial charge in [-0.3, -0.25) is 9.59 Å². The first-order valence-electron chi connectivity index (χ1n) is 6.44. The number of rotatable bonds is 9. The molecule has 0 spiro atoms. The number of carbonyl (C=O) groups is 2. The summed E-state index contributed by atoms with van der Waals surface area (Å²) in [5.41, 5.74) is -1.60. The highest BCUT2D eigenvalue weighted by molar-refractivity contribution is 5.98. The molecule has 0 fully saturated rings. The molecule has 0 saturated carbocycles. The Morgan fingerprint density at radius 1 is 0.941 bits per heavy atom. The summed E-state index contributed by atoms with van der Waals surface area (Å²) in [5.74, 6) is -2.63. The Kier molecular flexibility index (Phi) is 6.85. The van der Waals surface area contributed by atoms with Crippen LogP contribution in [0.3, 0.4) is 0 Å². The first-order chi connectivity index (χ1) is 7.97. The van der Waals surface area contributed by atoms with Gasteiger partial charge < -0.3 is 10.2 Å². The quantitative estimate of drug-likeness (QED) is 0.611. The highest BCUT2D eigenvalue weighted by Gasteiger charge is 2.51. The summed E-state index contributed by atoms with van der Waals surface area (Å²) in [7, 11) is 0. The topological polar surface area (TPSA) is 74.6 Å². The molecule has 17 heavy (non-hydrogen) atoms. The Balaban J connectivity index is 5.33. The van der Waals surface area contributed by atoms with E-state index in [2.05, 4.69) is 0 Å². The van der Waals surface area contributed by atoms with Crippen LogP contribution in [0.5, 0.6) is 0 Å². The van der Waals surface area contributed by atoms with Crippen molar-refractivity contribution < 1.29 is 19.8 Å². The van der Waals surface area contributed by atoms with Crippen LogP contribution in [-0.2, 0) is 9.59 Å². The Hall–Kier alpha value is -1.06. The van der Waals surface area contributed by atoms with Crippen LogP contribution in [0, 0.1) is 11.3 Å². The van der Waals surface area contributed by atoms with E-state index in [1.807, 2.05) is 20.8 Å². The molecule has 2 N–H and O–H groups in total. The molecule has 100 valence electrons.